The zero-order valence-corrected chi connectivity index (χ0v) is 16.0. The first kappa shape index (κ1) is 17.9. The molecule has 1 aromatic carbocycles. The number of piperidine rings is 1. The van der Waals surface area contributed by atoms with Crippen LogP contribution < -0.4 is 14.8 Å². The number of ether oxygens (including phenoxy) is 2. The zero-order chi connectivity index (χ0) is 18.9. The molecule has 1 saturated heterocycles. The summed E-state index contributed by atoms with van der Waals surface area (Å²) in [6, 6.07) is 9.19. The number of methoxy groups -OCH3 is 1. The normalized spacial score (nSPS) is 18.3. The molecule has 2 aliphatic rings. The van der Waals surface area contributed by atoms with Crippen LogP contribution in [0.3, 0.4) is 0 Å². The predicted octanol–water partition coefficient (Wildman–Crippen LogP) is 2.48. The number of thiophene rings is 1. The first-order valence-corrected chi connectivity index (χ1v) is 9.92. The second kappa shape index (κ2) is 7.23. The molecule has 0 radical (unpaired) electrons. The molecule has 0 saturated carbocycles. The van der Waals surface area contributed by atoms with Crippen molar-refractivity contribution in [1.29, 1.82) is 0 Å². The maximum absolute atomic E-state index is 12.5. The van der Waals surface area contributed by atoms with Gasteiger partial charge in [-0.2, -0.15) is 0 Å². The lowest BCUT2D eigenvalue weighted by atomic mass is 9.90. The number of hydrogen-bond acceptors (Lipinski definition) is 5. The molecule has 4 rings (SSSR count). The number of rotatable bonds is 3. The van der Waals surface area contributed by atoms with Gasteiger partial charge in [-0.05, 0) is 23.6 Å². The lowest BCUT2D eigenvalue weighted by Gasteiger charge is -2.41. The molecule has 0 unspecified atom stereocenters. The third-order valence-electron chi connectivity index (χ3n) is 5.26. The zero-order valence-electron chi connectivity index (χ0n) is 15.2. The minimum atomic E-state index is -0.493. The van der Waals surface area contributed by atoms with Crippen LogP contribution in [0.4, 0.5) is 0 Å². The second-order valence-corrected chi connectivity index (χ2v) is 8.00. The van der Waals surface area contributed by atoms with Gasteiger partial charge in [-0.25, -0.2) is 0 Å². The number of amides is 2. The highest BCUT2D eigenvalue weighted by atomic mass is 32.1. The van der Waals surface area contributed by atoms with E-state index in [1.54, 1.807) is 36.6 Å². The fourth-order valence-electron chi connectivity index (χ4n) is 3.62. The molecular weight excluding hydrogens is 364 g/mol. The molecule has 1 N–H and O–H groups in total. The highest BCUT2D eigenvalue weighted by molar-refractivity contribution is 7.10. The third-order valence-corrected chi connectivity index (χ3v) is 6.14. The summed E-state index contributed by atoms with van der Waals surface area (Å²) in [4.78, 5) is 27.9. The van der Waals surface area contributed by atoms with Gasteiger partial charge in [0.05, 0.1) is 25.6 Å². The Hall–Kier alpha value is -2.54. The average Bonchev–Trinajstić information content (AvgIpc) is 3.15. The van der Waals surface area contributed by atoms with Crippen molar-refractivity contribution in [3.05, 3.63) is 46.2 Å². The molecule has 2 amide bonds. The van der Waals surface area contributed by atoms with E-state index >= 15 is 0 Å². The number of benzene rings is 1. The number of hydrogen-bond donors (Lipinski definition) is 1. The highest BCUT2D eigenvalue weighted by Gasteiger charge is 2.41. The monoisotopic (exact) mass is 386 g/mol. The van der Waals surface area contributed by atoms with Crippen LogP contribution >= 0.6 is 11.3 Å². The third kappa shape index (κ3) is 3.64. The Labute approximate surface area is 162 Å². The lowest BCUT2D eigenvalue weighted by molar-refractivity contribution is -0.133. The van der Waals surface area contributed by atoms with Crippen LogP contribution in [0.1, 0.15) is 28.1 Å². The molecule has 0 bridgehead atoms. The van der Waals surface area contributed by atoms with Gasteiger partial charge in [0, 0.05) is 36.9 Å². The molecular formula is C20H22N2O4S. The molecule has 7 heteroatoms. The van der Waals surface area contributed by atoms with E-state index in [1.807, 2.05) is 22.4 Å². The smallest absolute Gasteiger partial charge is 0.255 e. The van der Waals surface area contributed by atoms with Gasteiger partial charge in [0.1, 0.15) is 17.1 Å². The van der Waals surface area contributed by atoms with Gasteiger partial charge < -0.3 is 19.7 Å². The van der Waals surface area contributed by atoms with Crippen molar-refractivity contribution in [3.8, 4) is 11.5 Å². The van der Waals surface area contributed by atoms with Crippen LogP contribution in [0.15, 0.2) is 35.7 Å². The predicted molar refractivity (Wildman–Crippen MR) is 103 cm³/mol. The minimum Gasteiger partial charge on any atom is -0.497 e. The average molecular weight is 386 g/mol. The molecule has 6 nitrogen and oxygen atoms in total. The Morgan fingerprint density at radius 3 is 2.85 bits per heavy atom. The van der Waals surface area contributed by atoms with E-state index in [2.05, 4.69) is 5.32 Å². The van der Waals surface area contributed by atoms with Gasteiger partial charge in [-0.3, -0.25) is 9.59 Å². The lowest BCUT2D eigenvalue weighted by Crippen LogP contribution is -2.54. The quantitative estimate of drug-likeness (QED) is 0.880. The minimum absolute atomic E-state index is 0.138. The SMILES string of the molecule is COc1ccc2c(c1)OC1(CCN(C(=O)Cc3cccs3)CC1)CNC2=O. The molecule has 27 heavy (non-hydrogen) atoms. The molecule has 1 aromatic heterocycles. The Morgan fingerprint density at radius 2 is 2.15 bits per heavy atom. The van der Waals surface area contributed by atoms with Crippen LogP contribution in [-0.4, -0.2) is 49.1 Å². The Balaban J connectivity index is 1.47. The topological polar surface area (TPSA) is 67.9 Å². The van der Waals surface area contributed by atoms with E-state index in [0.29, 0.717) is 56.0 Å². The van der Waals surface area contributed by atoms with Crippen LogP contribution in [-0.2, 0) is 11.2 Å². The van der Waals surface area contributed by atoms with E-state index in [9.17, 15) is 9.59 Å². The van der Waals surface area contributed by atoms with Crippen LogP contribution in [0.2, 0.25) is 0 Å². The summed E-state index contributed by atoms with van der Waals surface area (Å²) in [6.07, 6.45) is 1.81. The van der Waals surface area contributed by atoms with Gasteiger partial charge in [0.15, 0.2) is 0 Å². The van der Waals surface area contributed by atoms with Gasteiger partial charge in [-0.15, -0.1) is 11.3 Å². The van der Waals surface area contributed by atoms with Crippen molar-refractivity contribution in [1.82, 2.24) is 10.2 Å². The number of fused-ring (bicyclic) bond motifs is 1. The summed E-state index contributed by atoms with van der Waals surface area (Å²) >= 11 is 1.60. The van der Waals surface area contributed by atoms with Crippen molar-refractivity contribution in [2.24, 2.45) is 0 Å². The molecule has 2 aromatic rings. The molecule has 0 atom stereocenters. The first-order valence-electron chi connectivity index (χ1n) is 9.04. The standard InChI is InChI=1S/C20H22N2O4S/c1-25-14-4-5-16-17(11-14)26-20(13-21-19(16)24)6-8-22(9-7-20)18(23)12-15-3-2-10-27-15/h2-5,10-11H,6-9,12-13H2,1H3,(H,21,24). The molecule has 142 valence electrons. The summed E-state index contributed by atoms with van der Waals surface area (Å²) in [5.41, 5.74) is 0.0244. The van der Waals surface area contributed by atoms with E-state index in [-0.39, 0.29) is 11.8 Å². The van der Waals surface area contributed by atoms with E-state index in [1.165, 1.54) is 0 Å². The molecule has 2 aliphatic heterocycles. The van der Waals surface area contributed by atoms with Crippen molar-refractivity contribution in [2.75, 3.05) is 26.7 Å². The summed E-state index contributed by atoms with van der Waals surface area (Å²) in [7, 11) is 1.59. The van der Waals surface area contributed by atoms with Crippen LogP contribution in [0.25, 0.3) is 0 Å². The van der Waals surface area contributed by atoms with Gasteiger partial charge in [0.25, 0.3) is 5.91 Å². The Morgan fingerprint density at radius 1 is 1.33 bits per heavy atom. The highest BCUT2D eigenvalue weighted by Crippen LogP contribution is 2.35. The fourth-order valence-corrected chi connectivity index (χ4v) is 4.32. The number of carbonyl (C=O) groups is 2. The summed E-state index contributed by atoms with van der Waals surface area (Å²) in [5.74, 6) is 1.21. The Bertz CT molecular complexity index is 842. The molecule has 1 spiro atoms. The summed E-state index contributed by atoms with van der Waals surface area (Å²) in [5, 5.41) is 4.96. The molecule has 1 fully saturated rings. The Kier molecular flexibility index (Phi) is 4.78. The second-order valence-electron chi connectivity index (χ2n) is 6.97. The fraction of sp³-hybridized carbons (Fsp3) is 0.400. The van der Waals surface area contributed by atoms with Crippen LogP contribution in [0.5, 0.6) is 11.5 Å². The van der Waals surface area contributed by atoms with Crippen LogP contribution in [0, 0.1) is 0 Å². The number of likely N-dealkylation sites (tertiary alicyclic amines) is 1. The van der Waals surface area contributed by atoms with Crippen molar-refractivity contribution in [3.63, 3.8) is 0 Å². The van der Waals surface area contributed by atoms with Gasteiger partial charge in [-0.1, -0.05) is 6.07 Å². The van der Waals surface area contributed by atoms with E-state index < -0.39 is 5.60 Å². The number of carbonyl (C=O) groups excluding carboxylic acids is 2. The summed E-state index contributed by atoms with van der Waals surface area (Å²) < 4.78 is 11.6. The van der Waals surface area contributed by atoms with Gasteiger partial charge in [0.2, 0.25) is 5.91 Å². The number of nitrogens with zero attached hydrogens (tertiary/aromatic N) is 1. The first-order chi connectivity index (χ1) is 13.1. The maximum Gasteiger partial charge on any atom is 0.255 e. The van der Waals surface area contributed by atoms with Gasteiger partial charge >= 0.3 is 0 Å². The van der Waals surface area contributed by atoms with Crippen molar-refractivity contribution in [2.45, 2.75) is 24.9 Å². The van der Waals surface area contributed by atoms with Crippen molar-refractivity contribution >= 4 is 23.2 Å². The van der Waals surface area contributed by atoms with Crippen molar-refractivity contribution < 1.29 is 19.1 Å². The number of nitrogens with one attached hydrogen (secondary N) is 1. The maximum atomic E-state index is 12.5. The largest absolute Gasteiger partial charge is 0.497 e. The van der Waals surface area contributed by atoms with E-state index in [0.717, 1.165) is 4.88 Å². The van der Waals surface area contributed by atoms with E-state index in [4.69, 9.17) is 9.47 Å². The summed E-state index contributed by atoms with van der Waals surface area (Å²) in [6.45, 7) is 1.69. The molecule has 3 heterocycles. The molecule has 0 aliphatic carbocycles.